The lowest BCUT2D eigenvalue weighted by atomic mass is 10.1. The van der Waals surface area contributed by atoms with Gasteiger partial charge in [0.05, 0.1) is 10.9 Å². The van der Waals surface area contributed by atoms with Crippen LogP contribution in [0.4, 0.5) is 26.0 Å². The highest BCUT2D eigenvalue weighted by Crippen LogP contribution is 2.33. The van der Waals surface area contributed by atoms with Crippen molar-refractivity contribution in [3.8, 4) is 0 Å². The van der Waals surface area contributed by atoms with E-state index in [2.05, 4.69) is 32.7 Å². The number of benzene rings is 2. The van der Waals surface area contributed by atoms with Crippen LogP contribution in [-0.4, -0.2) is 45.2 Å². The molecule has 2 aromatic carbocycles. The van der Waals surface area contributed by atoms with Gasteiger partial charge in [-0.05, 0) is 38.1 Å². The van der Waals surface area contributed by atoms with Crippen molar-refractivity contribution in [2.75, 3.05) is 29.9 Å². The smallest absolute Gasteiger partial charge is 0.163 e. The van der Waals surface area contributed by atoms with E-state index in [9.17, 15) is 4.39 Å². The fourth-order valence-electron chi connectivity index (χ4n) is 4.34. The van der Waals surface area contributed by atoms with Crippen molar-refractivity contribution in [3.05, 3.63) is 42.1 Å². The SMILES string of the molecule is CCn1nc(Nc2cc(F)c3nn(C)cc3c2)c2c(F)cc(N3CCNC(C)C3)cc21. The number of hydrogen-bond acceptors (Lipinski definition) is 5. The first-order valence-corrected chi connectivity index (χ1v) is 10.5. The lowest BCUT2D eigenvalue weighted by Gasteiger charge is -2.33. The molecule has 31 heavy (non-hydrogen) atoms. The predicted octanol–water partition coefficient (Wildman–Crippen LogP) is 3.76. The Morgan fingerprint density at radius 2 is 2.00 bits per heavy atom. The summed E-state index contributed by atoms with van der Waals surface area (Å²) in [6.07, 6.45) is 1.74. The highest BCUT2D eigenvalue weighted by Gasteiger charge is 2.21. The summed E-state index contributed by atoms with van der Waals surface area (Å²) in [6.45, 7) is 7.19. The third kappa shape index (κ3) is 3.48. The van der Waals surface area contributed by atoms with E-state index in [-0.39, 0.29) is 5.82 Å². The Labute approximate surface area is 178 Å². The van der Waals surface area contributed by atoms with E-state index in [0.717, 1.165) is 25.3 Å². The van der Waals surface area contributed by atoms with Gasteiger partial charge in [0.25, 0.3) is 0 Å². The second kappa shape index (κ2) is 7.49. The molecule has 0 spiro atoms. The minimum absolute atomic E-state index is 0.304. The van der Waals surface area contributed by atoms with Crippen LogP contribution < -0.4 is 15.5 Å². The summed E-state index contributed by atoms with van der Waals surface area (Å²) < 4.78 is 33.2. The van der Waals surface area contributed by atoms with Crippen molar-refractivity contribution >= 4 is 39.0 Å². The Bertz CT molecular complexity index is 1280. The molecule has 3 heterocycles. The molecular formula is C22H25F2N7. The van der Waals surface area contributed by atoms with Crippen LogP contribution in [0.5, 0.6) is 0 Å². The van der Waals surface area contributed by atoms with Gasteiger partial charge in [0.15, 0.2) is 11.6 Å². The van der Waals surface area contributed by atoms with Crippen LogP contribution in [0.15, 0.2) is 30.5 Å². The van der Waals surface area contributed by atoms with Gasteiger partial charge in [0.1, 0.15) is 11.3 Å². The maximum Gasteiger partial charge on any atom is 0.163 e. The molecule has 1 atom stereocenters. The molecule has 1 saturated heterocycles. The quantitative estimate of drug-likeness (QED) is 0.521. The van der Waals surface area contributed by atoms with Crippen molar-refractivity contribution < 1.29 is 8.78 Å². The zero-order valence-corrected chi connectivity index (χ0v) is 17.8. The Morgan fingerprint density at radius 3 is 2.77 bits per heavy atom. The number of halogens is 2. The molecule has 0 amide bonds. The molecule has 2 aromatic heterocycles. The molecule has 2 N–H and O–H groups in total. The molecular weight excluding hydrogens is 400 g/mol. The van der Waals surface area contributed by atoms with Gasteiger partial charge in [-0.1, -0.05) is 0 Å². The number of aromatic nitrogens is 4. The maximum atomic E-state index is 15.3. The first-order chi connectivity index (χ1) is 14.9. The summed E-state index contributed by atoms with van der Waals surface area (Å²) in [5, 5.41) is 16.3. The summed E-state index contributed by atoms with van der Waals surface area (Å²) in [5.74, 6) is -0.406. The number of fused-ring (bicyclic) bond motifs is 2. The van der Waals surface area contributed by atoms with E-state index < -0.39 is 5.82 Å². The van der Waals surface area contributed by atoms with Gasteiger partial charge in [0, 0.05) is 62.2 Å². The van der Waals surface area contributed by atoms with Gasteiger partial charge in [-0.3, -0.25) is 9.36 Å². The van der Waals surface area contributed by atoms with E-state index in [4.69, 9.17) is 0 Å². The molecule has 1 aliphatic rings. The summed E-state index contributed by atoms with van der Waals surface area (Å²) in [7, 11) is 1.75. The summed E-state index contributed by atoms with van der Waals surface area (Å²) in [6, 6.07) is 7.05. The minimum Gasteiger partial charge on any atom is -0.369 e. The highest BCUT2D eigenvalue weighted by molar-refractivity contribution is 5.95. The summed E-state index contributed by atoms with van der Waals surface area (Å²) in [4.78, 5) is 2.19. The number of nitrogens with one attached hydrogen (secondary N) is 2. The zero-order chi connectivity index (χ0) is 21.7. The van der Waals surface area contributed by atoms with Crippen LogP contribution in [0.1, 0.15) is 13.8 Å². The van der Waals surface area contributed by atoms with Crippen molar-refractivity contribution in [1.29, 1.82) is 0 Å². The topological polar surface area (TPSA) is 62.9 Å². The normalized spacial score (nSPS) is 17.1. The monoisotopic (exact) mass is 425 g/mol. The maximum absolute atomic E-state index is 15.3. The Hall–Kier alpha value is -3.20. The number of nitrogens with zero attached hydrogens (tertiary/aromatic N) is 5. The first kappa shape index (κ1) is 19.7. The molecule has 0 saturated carbocycles. The molecule has 0 aliphatic carbocycles. The van der Waals surface area contributed by atoms with Gasteiger partial charge in [0.2, 0.25) is 0 Å². The molecule has 0 radical (unpaired) electrons. The Kier molecular flexibility index (Phi) is 4.77. The molecule has 1 fully saturated rings. The Morgan fingerprint density at radius 1 is 1.16 bits per heavy atom. The van der Waals surface area contributed by atoms with E-state index in [1.165, 1.54) is 6.07 Å². The average Bonchev–Trinajstić information content (AvgIpc) is 3.28. The lowest BCUT2D eigenvalue weighted by molar-refractivity contribution is 0.484. The van der Waals surface area contributed by atoms with Crippen molar-refractivity contribution in [1.82, 2.24) is 24.9 Å². The average molecular weight is 425 g/mol. The van der Waals surface area contributed by atoms with Crippen molar-refractivity contribution in [2.24, 2.45) is 7.05 Å². The summed E-state index contributed by atoms with van der Waals surface area (Å²) >= 11 is 0. The molecule has 7 nitrogen and oxygen atoms in total. The third-order valence-electron chi connectivity index (χ3n) is 5.76. The molecule has 5 rings (SSSR count). The third-order valence-corrected chi connectivity index (χ3v) is 5.76. The standard InChI is InChI=1S/C22H25F2N7/c1-4-31-19-10-16(30-6-5-25-13(2)11-30)9-17(23)20(19)22(28-31)26-15-7-14-12-29(3)27-21(14)18(24)8-15/h7-10,12-13,25H,4-6,11H2,1-3H3,(H,26,28). The fourth-order valence-corrected chi connectivity index (χ4v) is 4.34. The minimum atomic E-state index is -0.435. The highest BCUT2D eigenvalue weighted by atomic mass is 19.1. The fraction of sp³-hybridized carbons (Fsp3) is 0.364. The number of rotatable bonds is 4. The van der Waals surface area contributed by atoms with Gasteiger partial charge in [-0.15, -0.1) is 0 Å². The molecule has 162 valence electrons. The Balaban J connectivity index is 1.56. The van der Waals surface area contributed by atoms with Crippen LogP contribution in [0.2, 0.25) is 0 Å². The summed E-state index contributed by atoms with van der Waals surface area (Å²) in [5.41, 5.74) is 2.37. The van der Waals surface area contributed by atoms with Crippen LogP contribution in [-0.2, 0) is 13.6 Å². The second-order valence-electron chi connectivity index (χ2n) is 8.11. The zero-order valence-electron chi connectivity index (χ0n) is 17.8. The van der Waals surface area contributed by atoms with Crippen LogP contribution >= 0.6 is 0 Å². The van der Waals surface area contributed by atoms with Crippen molar-refractivity contribution in [2.45, 2.75) is 26.4 Å². The van der Waals surface area contributed by atoms with Crippen LogP contribution in [0.3, 0.4) is 0 Å². The lowest BCUT2D eigenvalue weighted by Crippen LogP contribution is -2.49. The number of aryl methyl sites for hydroxylation is 2. The van der Waals surface area contributed by atoms with Gasteiger partial charge >= 0.3 is 0 Å². The number of hydrogen-bond donors (Lipinski definition) is 2. The molecule has 0 bridgehead atoms. The van der Waals surface area contributed by atoms with E-state index in [1.807, 2.05) is 13.0 Å². The van der Waals surface area contributed by atoms with Gasteiger partial charge in [-0.25, -0.2) is 8.78 Å². The first-order valence-electron chi connectivity index (χ1n) is 10.5. The molecule has 9 heteroatoms. The van der Waals surface area contributed by atoms with E-state index in [1.54, 1.807) is 34.7 Å². The largest absolute Gasteiger partial charge is 0.369 e. The van der Waals surface area contributed by atoms with Gasteiger partial charge in [-0.2, -0.15) is 10.2 Å². The number of piperazine rings is 1. The number of anilines is 3. The predicted molar refractivity (Wildman–Crippen MR) is 119 cm³/mol. The van der Waals surface area contributed by atoms with E-state index >= 15 is 4.39 Å². The molecule has 4 aromatic rings. The van der Waals surface area contributed by atoms with E-state index in [0.29, 0.717) is 45.9 Å². The second-order valence-corrected chi connectivity index (χ2v) is 8.11. The van der Waals surface area contributed by atoms with Crippen LogP contribution in [0.25, 0.3) is 21.8 Å². The van der Waals surface area contributed by atoms with Crippen LogP contribution in [0, 0.1) is 11.6 Å². The molecule has 1 unspecified atom stereocenters. The molecule has 1 aliphatic heterocycles. The van der Waals surface area contributed by atoms with Crippen molar-refractivity contribution in [3.63, 3.8) is 0 Å². The van der Waals surface area contributed by atoms with Gasteiger partial charge < -0.3 is 15.5 Å².